The summed E-state index contributed by atoms with van der Waals surface area (Å²) in [4.78, 5) is 37.3. The standard InChI is InChI=1S/C19H16O7/c1-23-9-13-11(17(20)24-2)8-12-15(16(13)19(22)25-3)10-6-4-5-7-14(10)26-18(12)21/h4-8H,9H2,1-3H3. The smallest absolute Gasteiger partial charge is 0.344 e. The summed E-state index contributed by atoms with van der Waals surface area (Å²) in [7, 11) is 3.87. The average molecular weight is 356 g/mol. The summed E-state index contributed by atoms with van der Waals surface area (Å²) in [6.45, 7) is -0.0423. The molecule has 3 rings (SSSR count). The number of para-hydroxylation sites is 1. The van der Waals surface area contributed by atoms with Gasteiger partial charge in [0.1, 0.15) is 5.58 Å². The zero-order chi connectivity index (χ0) is 18.8. The summed E-state index contributed by atoms with van der Waals surface area (Å²) in [5, 5.41) is 0.990. The van der Waals surface area contributed by atoms with Gasteiger partial charge in [-0.3, -0.25) is 0 Å². The molecule has 1 aromatic heterocycles. The average Bonchev–Trinajstić information content (AvgIpc) is 2.66. The van der Waals surface area contributed by atoms with Crippen LogP contribution in [0.4, 0.5) is 0 Å². The molecule has 0 aliphatic rings. The maximum absolute atomic E-state index is 12.6. The van der Waals surface area contributed by atoms with E-state index in [1.165, 1.54) is 27.4 Å². The first-order valence-corrected chi connectivity index (χ1v) is 7.70. The highest BCUT2D eigenvalue weighted by molar-refractivity contribution is 6.17. The van der Waals surface area contributed by atoms with Crippen molar-refractivity contribution >= 4 is 33.7 Å². The molecule has 0 atom stereocenters. The first kappa shape index (κ1) is 17.6. The monoisotopic (exact) mass is 356 g/mol. The quantitative estimate of drug-likeness (QED) is 0.403. The van der Waals surface area contributed by atoms with E-state index in [0.29, 0.717) is 16.4 Å². The Labute approximate surface area is 148 Å². The second-order valence-corrected chi connectivity index (χ2v) is 5.50. The van der Waals surface area contributed by atoms with E-state index in [2.05, 4.69) is 0 Å². The van der Waals surface area contributed by atoms with Gasteiger partial charge in [0.15, 0.2) is 0 Å². The molecule has 0 saturated heterocycles. The van der Waals surface area contributed by atoms with Crippen molar-refractivity contribution in [2.75, 3.05) is 21.3 Å². The van der Waals surface area contributed by atoms with Crippen LogP contribution in [0.2, 0.25) is 0 Å². The second-order valence-electron chi connectivity index (χ2n) is 5.50. The van der Waals surface area contributed by atoms with Gasteiger partial charge in [0.25, 0.3) is 0 Å². The fourth-order valence-electron chi connectivity index (χ4n) is 3.00. The minimum atomic E-state index is -0.698. The van der Waals surface area contributed by atoms with Gasteiger partial charge in [-0.1, -0.05) is 18.2 Å². The molecule has 0 saturated carbocycles. The normalized spacial score (nSPS) is 10.9. The van der Waals surface area contributed by atoms with Crippen LogP contribution in [0.1, 0.15) is 26.3 Å². The van der Waals surface area contributed by atoms with E-state index in [0.717, 1.165) is 0 Å². The van der Waals surface area contributed by atoms with E-state index in [1.807, 2.05) is 0 Å². The number of hydrogen-bond acceptors (Lipinski definition) is 7. The minimum absolute atomic E-state index is 0.0423. The van der Waals surface area contributed by atoms with Gasteiger partial charge in [0.2, 0.25) is 0 Å². The van der Waals surface area contributed by atoms with Gasteiger partial charge in [-0.2, -0.15) is 0 Å². The zero-order valence-electron chi connectivity index (χ0n) is 14.5. The predicted molar refractivity (Wildman–Crippen MR) is 93.4 cm³/mol. The first-order valence-electron chi connectivity index (χ1n) is 7.70. The molecule has 0 N–H and O–H groups in total. The lowest BCUT2D eigenvalue weighted by molar-refractivity contribution is 0.0591. The molecule has 0 aliphatic carbocycles. The summed E-state index contributed by atoms with van der Waals surface area (Å²) in [6, 6.07) is 8.18. The molecule has 26 heavy (non-hydrogen) atoms. The van der Waals surface area contributed by atoms with Crippen LogP contribution in [0.5, 0.6) is 0 Å². The van der Waals surface area contributed by atoms with Crippen molar-refractivity contribution in [2.24, 2.45) is 0 Å². The molecule has 3 aromatic rings. The highest BCUT2D eigenvalue weighted by atomic mass is 16.5. The maximum atomic E-state index is 12.6. The molecule has 0 fully saturated rings. The summed E-state index contributed by atoms with van der Waals surface area (Å²) < 4.78 is 20.2. The van der Waals surface area contributed by atoms with Crippen LogP contribution in [0.3, 0.4) is 0 Å². The molecule has 0 amide bonds. The van der Waals surface area contributed by atoms with Crippen molar-refractivity contribution in [3.8, 4) is 0 Å². The van der Waals surface area contributed by atoms with Crippen LogP contribution in [-0.4, -0.2) is 33.3 Å². The summed E-state index contributed by atoms with van der Waals surface area (Å²) in [6.07, 6.45) is 0. The number of esters is 2. The number of carbonyl (C=O) groups excluding carboxylic acids is 2. The lowest BCUT2D eigenvalue weighted by atomic mass is 9.93. The molecule has 1 heterocycles. The molecular formula is C19H16O7. The van der Waals surface area contributed by atoms with Crippen molar-refractivity contribution in [1.29, 1.82) is 0 Å². The van der Waals surface area contributed by atoms with Crippen molar-refractivity contribution in [1.82, 2.24) is 0 Å². The molecule has 0 bridgehead atoms. The van der Waals surface area contributed by atoms with E-state index >= 15 is 0 Å². The van der Waals surface area contributed by atoms with Crippen molar-refractivity contribution < 1.29 is 28.2 Å². The van der Waals surface area contributed by atoms with Crippen LogP contribution in [0, 0.1) is 0 Å². The molecule has 0 aliphatic heterocycles. The number of benzene rings is 2. The van der Waals surface area contributed by atoms with Crippen LogP contribution < -0.4 is 5.63 Å². The Morgan fingerprint density at radius 2 is 1.69 bits per heavy atom. The van der Waals surface area contributed by atoms with E-state index in [1.54, 1.807) is 24.3 Å². The van der Waals surface area contributed by atoms with Gasteiger partial charge in [-0.25, -0.2) is 14.4 Å². The molecule has 0 spiro atoms. The van der Waals surface area contributed by atoms with Crippen molar-refractivity contribution in [2.45, 2.75) is 6.61 Å². The van der Waals surface area contributed by atoms with E-state index in [-0.39, 0.29) is 28.7 Å². The largest absolute Gasteiger partial charge is 0.465 e. The van der Waals surface area contributed by atoms with Gasteiger partial charge in [-0.15, -0.1) is 0 Å². The first-order chi connectivity index (χ1) is 12.5. The number of carbonyl (C=O) groups is 2. The van der Waals surface area contributed by atoms with Crippen LogP contribution in [-0.2, 0) is 20.8 Å². The Bertz CT molecular complexity index is 1080. The molecule has 134 valence electrons. The number of fused-ring (bicyclic) bond motifs is 3. The van der Waals surface area contributed by atoms with Gasteiger partial charge in [-0.05, 0) is 12.1 Å². The molecule has 0 radical (unpaired) electrons. The SMILES string of the molecule is COCc1c(C(=O)OC)cc2c(=O)oc3ccccc3c2c1C(=O)OC. The fraction of sp³-hybridized carbons (Fsp3) is 0.211. The zero-order valence-corrected chi connectivity index (χ0v) is 14.5. The molecule has 0 unspecified atom stereocenters. The Hall–Kier alpha value is -3.19. The van der Waals surface area contributed by atoms with Crippen LogP contribution in [0.15, 0.2) is 39.5 Å². The van der Waals surface area contributed by atoms with Gasteiger partial charge in [0.05, 0.1) is 37.3 Å². The van der Waals surface area contributed by atoms with Gasteiger partial charge >= 0.3 is 17.6 Å². The fourth-order valence-corrected chi connectivity index (χ4v) is 3.00. The number of ether oxygens (including phenoxy) is 3. The summed E-state index contributed by atoms with van der Waals surface area (Å²) in [5.74, 6) is -1.39. The Morgan fingerprint density at radius 1 is 1.00 bits per heavy atom. The Balaban J connectivity index is 2.62. The molecule has 7 nitrogen and oxygen atoms in total. The maximum Gasteiger partial charge on any atom is 0.344 e. The topological polar surface area (TPSA) is 92.0 Å². The van der Waals surface area contributed by atoms with E-state index < -0.39 is 17.6 Å². The highest BCUT2D eigenvalue weighted by Crippen LogP contribution is 2.32. The molecule has 7 heteroatoms. The minimum Gasteiger partial charge on any atom is -0.465 e. The number of rotatable bonds is 4. The highest BCUT2D eigenvalue weighted by Gasteiger charge is 2.26. The number of methoxy groups -OCH3 is 3. The van der Waals surface area contributed by atoms with Crippen molar-refractivity contribution in [3.63, 3.8) is 0 Å². The van der Waals surface area contributed by atoms with E-state index in [9.17, 15) is 14.4 Å². The van der Waals surface area contributed by atoms with Crippen LogP contribution >= 0.6 is 0 Å². The predicted octanol–water partition coefficient (Wildman–Crippen LogP) is 2.67. The lowest BCUT2D eigenvalue weighted by Gasteiger charge is -2.15. The van der Waals surface area contributed by atoms with Crippen LogP contribution in [0.25, 0.3) is 21.7 Å². The van der Waals surface area contributed by atoms with E-state index in [4.69, 9.17) is 18.6 Å². The second kappa shape index (κ2) is 6.97. The number of hydrogen-bond donors (Lipinski definition) is 0. The summed E-state index contributed by atoms with van der Waals surface area (Å²) >= 11 is 0. The van der Waals surface area contributed by atoms with Gasteiger partial charge < -0.3 is 18.6 Å². The lowest BCUT2D eigenvalue weighted by Crippen LogP contribution is -2.16. The Morgan fingerprint density at radius 3 is 2.35 bits per heavy atom. The third kappa shape index (κ3) is 2.72. The van der Waals surface area contributed by atoms with Gasteiger partial charge in [0, 0.05) is 23.4 Å². The molecule has 2 aromatic carbocycles. The summed E-state index contributed by atoms with van der Waals surface area (Å²) in [5.41, 5.74) is 0.0675. The molecular weight excluding hydrogens is 340 g/mol. The third-order valence-corrected chi connectivity index (χ3v) is 4.10. The Kier molecular flexibility index (Phi) is 4.73. The van der Waals surface area contributed by atoms with Crippen molar-refractivity contribution in [3.05, 3.63) is 57.4 Å². The third-order valence-electron chi connectivity index (χ3n) is 4.10.